The first kappa shape index (κ1) is 14.1. The van der Waals surface area contributed by atoms with Gasteiger partial charge in [0.25, 0.3) is 0 Å². The molecule has 0 aliphatic heterocycles. The van der Waals surface area contributed by atoms with Gasteiger partial charge in [0.1, 0.15) is 5.82 Å². The molecule has 0 bridgehead atoms. The molecule has 0 radical (unpaired) electrons. The molecule has 0 fully saturated rings. The normalized spacial score (nSPS) is 10.9. The van der Waals surface area contributed by atoms with Crippen LogP contribution in [0.15, 0.2) is 34.3 Å². The monoisotopic (exact) mass is 276 g/mol. The molecule has 1 aromatic heterocycles. The lowest BCUT2D eigenvalue weighted by Gasteiger charge is -2.05. The number of hydrogen-bond donors (Lipinski definition) is 1. The van der Waals surface area contributed by atoms with Gasteiger partial charge >= 0.3 is 0 Å². The van der Waals surface area contributed by atoms with Gasteiger partial charge in [-0.15, -0.1) is 10.2 Å². The molecule has 1 heterocycles. The van der Waals surface area contributed by atoms with Crippen LogP contribution in [-0.2, 0) is 13.6 Å². The highest BCUT2D eigenvalue weighted by Crippen LogP contribution is 2.26. The standard InChI is InChI=1S/C14H20N4S/c1-4-9-15-10-12-5-7-13(8-6-12)19-14-17-16-11(2)18(14)3/h5-8,15H,4,9-10H2,1-3H3. The summed E-state index contributed by atoms with van der Waals surface area (Å²) in [6, 6.07) is 8.59. The van der Waals surface area contributed by atoms with Crippen molar-refractivity contribution in [1.82, 2.24) is 20.1 Å². The summed E-state index contributed by atoms with van der Waals surface area (Å²) in [6.45, 7) is 6.13. The Hall–Kier alpha value is -1.33. The zero-order valence-electron chi connectivity index (χ0n) is 11.7. The number of hydrogen-bond acceptors (Lipinski definition) is 4. The van der Waals surface area contributed by atoms with E-state index in [9.17, 15) is 0 Å². The predicted molar refractivity (Wildman–Crippen MR) is 78.3 cm³/mol. The van der Waals surface area contributed by atoms with E-state index in [1.807, 2.05) is 18.5 Å². The van der Waals surface area contributed by atoms with Crippen molar-refractivity contribution >= 4 is 11.8 Å². The number of benzene rings is 1. The van der Waals surface area contributed by atoms with Crippen LogP contribution in [0.25, 0.3) is 0 Å². The van der Waals surface area contributed by atoms with E-state index in [1.165, 1.54) is 16.9 Å². The number of rotatable bonds is 6. The van der Waals surface area contributed by atoms with Crippen molar-refractivity contribution in [2.75, 3.05) is 6.54 Å². The third kappa shape index (κ3) is 3.81. The van der Waals surface area contributed by atoms with Gasteiger partial charge in [-0.05, 0) is 49.3 Å². The quantitative estimate of drug-likeness (QED) is 0.824. The van der Waals surface area contributed by atoms with Gasteiger partial charge in [-0.25, -0.2) is 0 Å². The van der Waals surface area contributed by atoms with E-state index in [2.05, 4.69) is 46.7 Å². The molecule has 2 rings (SSSR count). The number of aryl methyl sites for hydroxylation is 1. The maximum Gasteiger partial charge on any atom is 0.195 e. The van der Waals surface area contributed by atoms with E-state index in [4.69, 9.17) is 0 Å². The predicted octanol–water partition coefficient (Wildman–Crippen LogP) is 2.77. The highest BCUT2D eigenvalue weighted by atomic mass is 32.2. The van der Waals surface area contributed by atoms with Gasteiger partial charge in [-0.1, -0.05) is 19.1 Å². The van der Waals surface area contributed by atoms with E-state index < -0.39 is 0 Å². The lowest BCUT2D eigenvalue weighted by atomic mass is 10.2. The third-order valence-electron chi connectivity index (χ3n) is 2.94. The molecule has 0 spiro atoms. The molecular formula is C14H20N4S. The molecule has 19 heavy (non-hydrogen) atoms. The maximum atomic E-state index is 4.16. The zero-order chi connectivity index (χ0) is 13.7. The lowest BCUT2D eigenvalue weighted by molar-refractivity contribution is 0.675. The smallest absolute Gasteiger partial charge is 0.195 e. The third-order valence-corrected chi connectivity index (χ3v) is 3.99. The van der Waals surface area contributed by atoms with Crippen LogP contribution in [0.5, 0.6) is 0 Å². The van der Waals surface area contributed by atoms with Crippen LogP contribution in [-0.4, -0.2) is 21.3 Å². The number of aromatic nitrogens is 3. The van der Waals surface area contributed by atoms with Gasteiger partial charge < -0.3 is 9.88 Å². The average molecular weight is 276 g/mol. The molecule has 4 nitrogen and oxygen atoms in total. The lowest BCUT2D eigenvalue weighted by Crippen LogP contribution is -2.13. The van der Waals surface area contributed by atoms with E-state index >= 15 is 0 Å². The Morgan fingerprint density at radius 1 is 1.21 bits per heavy atom. The Kier molecular flexibility index (Phi) is 4.99. The summed E-state index contributed by atoms with van der Waals surface area (Å²) in [6.07, 6.45) is 1.17. The van der Waals surface area contributed by atoms with Crippen LogP contribution >= 0.6 is 11.8 Å². The second-order valence-electron chi connectivity index (χ2n) is 4.51. The Bertz CT molecular complexity index is 519. The minimum absolute atomic E-state index is 0.925. The van der Waals surface area contributed by atoms with Gasteiger partial charge in [0.2, 0.25) is 0 Å². The van der Waals surface area contributed by atoms with Gasteiger partial charge in [-0.2, -0.15) is 0 Å². The van der Waals surface area contributed by atoms with Crippen molar-refractivity contribution in [2.45, 2.75) is 36.9 Å². The summed E-state index contributed by atoms with van der Waals surface area (Å²) in [4.78, 5) is 1.19. The second kappa shape index (κ2) is 6.73. The molecule has 1 N–H and O–H groups in total. The fourth-order valence-corrected chi connectivity index (χ4v) is 2.50. The SMILES string of the molecule is CCCNCc1ccc(Sc2nnc(C)n2C)cc1. The Morgan fingerprint density at radius 2 is 1.95 bits per heavy atom. The van der Waals surface area contributed by atoms with E-state index in [0.717, 1.165) is 24.1 Å². The van der Waals surface area contributed by atoms with Crippen molar-refractivity contribution in [3.8, 4) is 0 Å². The molecule has 102 valence electrons. The average Bonchev–Trinajstić information content (AvgIpc) is 2.73. The summed E-state index contributed by atoms with van der Waals surface area (Å²) in [5.74, 6) is 0.933. The van der Waals surface area contributed by atoms with Gasteiger partial charge in [0, 0.05) is 18.5 Å². The maximum absolute atomic E-state index is 4.16. The first-order valence-corrected chi connectivity index (χ1v) is 7.36. The van der Waals surface area contributed by atoms with Crippen molar-refractivity contribution in [3.63, 3.8) is 0 Å². The summed E-state index contributed by atoms with van der Waals surface area (Å²) < 4.78 is 2.00. The Labute approximate surface area is 118 Å². The molecule has 0 aliphatic carbocycles. The fraction of sp³-hybridized carbons (Fsp3) is 0.429. The van der Waals surface area contributed by atoms with Crippen LogP contribution in [0.3, 0.4) is 0 Å². The molecular weight excluding hydrogens is 256 g/mol. The Morgan fingerprint density at radius 3 is 2.53 bits per heavy atom. The van der Waals surface area contributed by atoms with Crippen LogP contribution in [0, 0.1) is 6.92 Å². The van der Waals surface area contributed by atoms with E-state index in [0.29, 0.717) is 0 Å². The van der Waals surface area contributed by atoms with Crippen molar-refractivity contribution in [1.29, 1.82) is 0 Å². The summed E-state index contributed by atoms with van der Waals surface area (Å²) in [7, 11) is 1.99. The number of nitrogens with one attached hydrogen (secondary N) is 1. The van der Waals surface area contributed by atoms with E-state index in [-0.39, 0.29) is 0 Å². The van der Waals surface area contributed by atoms with Crippen LogP contribution in [0.4, 0.5) is 0 Å². The molecule has 2 aromatic rings. The molecule has 5 heteroatoms. The van der Waals surface area contributed by atoms with E-state index in [1.54, 1.807) is 11.8 Å². The summed E-state index contributed by atoms with van der Waals surface area (Å²) >= 11 is 1.64. The topological polar surface area (TPSA) is 42.7 Å². The minimum atomic E-state index is 0.925. The molecule has 0 unspecified atom stereocenters. The Balaban J connectivity index is 1.97. The van der Waals surface area contributed by atoms with Gasteiger partial charge in [-0.3, -0.25) is 0 Å². The molecule has 0 aliphatic rings. The van der Waals surface area contributed by atoms with Crippen molar-refractivity contribution in [3.05, 3.63) is 35.7 Å². The van der Waals surface area contributed by atoms with Crippen LogP contribution < -0.4 is 5.32 Å². The van der Waals surface area contributed by atoms with Gasteiger partial charge in [0.15, 0.2) is 5.16 Å². The van der Waals surface area contributed by atoms with Crippen molar-refractivity contribution in [2.24, 2.45) is 7.05 Å². The zero-order valence-corrected chi connectivity index (χ0v) is 12.5. The first-order valence-electron chi connectivity index (χ1n) is 6.54. The molecule has 0 saturated carbocycles. The molecule has 0 saturated heterocycles. The molecule has 0 atom stereocenters. The second-order valence-corrected chi connectivity index (χ2v) is 5.55. The van der Waals surface area contributed by atoms with Crippen LogP contribution in [0.1, 0.15) is 24.7 Å². The molecule has 0 amide bonds. The molecule has 1 aromatic carbocycles. The fourth-order valence-electron chi connectivity index (χ4n) is 1.67. The first-order chi connectivity index (χ1) is 9.20. The number of nitrogens with zero attached hydrogens (tertiary/aromatic N) is 3. The summed E-state index contributed by atoms with van der Waals surface area (Å²) in [5, 5.41) is 12.5. The van der Waals surface area contributed by atoms with Crippen molar-refractivity contribution < 1.29 is 0 Å². The summed E-state index contributed by atoms with van der Waals surface area (Å²) in [5.41, 5.74) is 1.31. The largest absolute Gasteiger partial charge is 0.313 e. The minimum Gasteiger partial charge on any atom is -0.313 e. The van der Waals surface area contributed by atoms with Gasteiger partial charge in [0.05, 0.1) is 0 Å². The van der Waals surface area contributed by atoms with Crippen LogP contribution in [0.2, 0.25) is 0 Å². The highest BCUT2D eigenvalue weighted by molar-refractivity contribution is 7.99. The highest BCUT2D eigenvalue weighted by Gasteiger charge is 2.06.